The van der Waals surface area contributed by atoms with Gasteiger partial charge in [-0.1, -0.05) is 18.2 Å². The van der Waals surface area contributed by atoms with E-state index in [1.807, 2.05) is 24.3 Å². The number of benzene rings is 2. The summed E-state index contributed by atoms with van der Waals surface area (Å²) < 4.78 is 12.8. The molecule has 0 atom stereocenters. The monoisotopic (exact) mass is 343 g/mol. The summed E-state index contributed by atoms with van der Waals surface area (Å²) in [5.41, 5.74) is 7.90. The highest BCUT2D eigenvalue weighted by atomic mass is 19.1. The Kier molecular flexibility index (Phi) is 6.95. The SMILES string of the molecule is Nc1ccccc1CCC(=O)NCCCNC(=O)c1ccc(F)cc1. The van der Waals surface area contributed by atoms with Crippen molar-refractivity contribution in [2.24, 2.45) is 0 Å². The maximum atomic E-state index is 12.8. The predicted molar refractivity (Wildman–Crippen MR) is 95.5 cm³/mol. The number of hydrogen-bond donors (Lipinski definition) is 3. The molecule has 0 aliphatic heterocycles. The summed E-state index contributed by atoms with van der Waals surface area (Å²) >= 11 is 0. The molecule has 0 heterocycles. The minimum absolute atomic E-state index is 0.0480. The van der Waals surface area contributed by atoms with Crippen LogP contribution in [0.1, 0.15) is 28.8 Å². The van der Waals surface area contributed by atoms with Gasteiger partial charge < -0.3 is 16.4 Å². The molecular weight excluding hydrogens is 321 g/mol. The average Bonchev–Trinajstić information content (AvgIpc) is 2.61. The number of para-hydroxylation sites is 1. The lowest BCUT2D eigenvalue weighted by Crippen LogP contribution is -2.30. The van der Waals surface area contributed by atoms with E-state index in [1.165, 1.54) is 24.3 Å². The van der Waals surface area contributed by atoms with E-state index in [-0.39, 0.29) is 17.6 Å². The summed E-state index contributed by atoms with van der Waals surface area (Å²) in [6, 6.07) is 12.8. The lowest BCUT2D eigenvalue weighted by atomic mass is 10.1. The number of nitrogens with one attached hydrogen (secondary N) is 2. The second-order valence-electron chi connectivity index (χ2n) is 5.67. The number of rotatable bonds is 8. The number of amides is 2. The molecule has 0 unspecified atom stereocenters. The van der Waals surface area contributed by atoms with Crippen molar-refractivity contribution in [2.45, 2.75) is 19.3 Å². The van der Waals surface area contributed by atoms with Crippen LogP contribution in [0.5, 0.6) is 0 Å². The molecule has 2 aromatic carbocycles. The molecule has 0 radical (unpaired) electrons. The lowest BCUT2D eigenvalue weighted by Gasteiger charge is -2.08. The molecule has 2 aromatic rings. The molecule has 25 heavy (non-hydrogen) atoms. The molecule has 0 aliphatic rings. The molecule has 2 rings (SSSR count). The minimum Gasteiger partial charge on any atom is -0.399 e. The van der Waals surface area contributed by atoms with E-state index < -0.39 is 0 Å². The van der Waals surface area contributed by atoms with E-state index >= 15 is 0 Å². The predicted octanol–water partition coefficient (Wildman–Crippen LogP) is 2.28. The summed E-state index contributed by atoms with van der Waals surface area (Å²) in [6.07, 6.45) is 1.59. The number of nitrogens with two attached hydrogens (primary N) is 1. The molecule has 4 N–H and O–H groups in total. The van der Waals surface area contributed by atoms with Crippen LogP contribution in [-0.4, -0.2) is 24.9 Å². The standard InChI is InChI=1S/C19H22FN3O2/c20-16-9-6-15(7-10-16)19(25)23-13-3-12-22-18(24)11-8-14-4-1-2-5-17(14)21/h1-2,4-7,9-10H,3,8,11-13,21H2,(H,22,24)(H,23,25). The molecule has 0 spiro atoms. The summed E-state index contributed by atoms with van der Waals surface area (Å²) in [5, 5.41) is 5.54. The summed E-state index contributed by atoms with van der Waals surface area (Å²) in [4.78, 5) is 23.6. The normalized spacial score (nSPS) is 10.3. The fraction of sp³-hybridized carbons (Fsp3) is 0.263. The first-order chi connectivity index (χ1) is 12.1. The molecule has 0 saturated carbocycles. The first-order valence-electron chi connectivity index (χ1n) is 8.20. The van der Waals surface area contributed by atoms with E-state index in [2.05, 4.69) is 10.6 Å². The van der Waals surface area contributed by atoms with Crippen molar-refractivity contribution < 1.29 is 14.0 Å². The van der Waals surface area contributed by atoms with Crippen molar-refractivity contribution in [3.63, 3.8) is 0 Å². The molecule has 6 heteroatoms. The Morgan fingerprint density at radius 2 is 1.64 bits per heavy atom. The van der Waals surface area contributed by atoms with Gasteiger partial charge in [0.1, 0.15) is 5.82 Å². The topological polar surface area (TPSA) is 84.2 Å². The molecule has 0 aliphatic carbocycles. The van der Waals surface area contributed by atoms with E-state index in [9.17, 15) is 14.0 Å². The van der Waals surface area contributed by atoms with E-state index in [1.54, 1.807) is 0 Å². The van der Waals surface area contributed by atoms with Gasteiger partial charge >= 0.3 is 0 Å². The summed E-state index contributed by atoms with van der Waals surface area (Å²) in [5.74, 6) is -0.685. The van der Waals surface area contributed by atoms with Crippen LogP contribution in [0.15, 0.2) is 48.5 Å². The van der Waals surface area contributed by atoms with Crippen LogP contribution in [0.25, 0.3) is 0 Å². The lowest BCUT2D eigenvalue weighted by molar-refractivity contribution is -0.121. The summed E-state index contributed by atoms with van der Waals surface area (Å²) in [6.45, 7) is 0.912. The second kappa shape index (κ2) is 9.42. The van der Waals surface area contributed by atoms with Gasteiger partial charge in [-0.15, -0.1) is 0 Å². The fourth-order valence-electron chi connectivity index (χ4n) is 2.32. The van der Waals surface area contributed by atoms with Crippen LogP contribution >= 0.6 is 0 Å². The van der Waals surface area contributed by atoms with E-state index in [0.29, 0.717) is 43.6 Å². The highest BCUT2D eigenvalue weighted by Gasteiger charge is 2.06. The Morgan fingerprint density at radius 3 is 2.36 bits per heavy atom. The largest absolute Gasteiger partial charge is 0.399 e. The number of carbonyl (C=O) groups excluding carboxylic acids is 2. The van der Waals surface area contributed by atoms with Gasteiger partial charge in [0, 0.05) is 30.8 Å². The van der Waals surface area contributed by atoms with Crippen LogP contribution in [0.4, 0.5) is 10.1 Å². The Bertz CT molecular complexity index is 717. The smallest absolute Gasteiger partial charge is 0.251 e. The third kappa shape index (κ3) is 6.25. The highest BCUT2D eigenvalue weighted by molar-refractivity contribution is 5.94. The average molecular weight is 343 g/mol. The minimum atomic E-state index is -0.378. The van der Waals surface area contributed by atoms with Crippen molar-refractivity contribution in [1.82, 2.24) is 10.6 Å². The molecule has 5 nitrogen and oxygen atoms in total. The van der Waals surface area contributed by atoms with E-state index in [4.69, 9.17) is 5.73 Å². The van der Waals surface area contributed by atoms with Crippen molar-refractivity contribution in [2.75, 3.05) is 18.8 Å². The number of carbonyl (C=O) groups is 2. The zero-order valence-corrected chi connectivity index (χ0v) is 13.9. The van der Waals surface area contributed by atoms with Crippen molar-refractivity contribution >= 4 is 17.5 Å². The van der Waals surface area contributed by atoms with Gasteiger partial charge in [-0.3, -0.25) is 9.59 Å². The number of anilines is 1. The van der Waals surface area contributed by atoms with Crippen LogP contribution in [-0.2, 0) is 11.2 Å². The quantitative estimate of drug-likeness (QED) is 0.508. The zero-order valence-electron chi connectivity index (χ0n) is 13.9. The van der Waals surface area contributed by atoms with Gasteiger partial charge in [0.15, 0.2) is 0 Å². The van der Waals surface area contributed by atoms with Gasteiger partial charge in [-0.25, -0.2) is 4.39 Å². The van der Waals surface area contributed by atoms with Crippen molar-refractivity contribution in [1.29, 1.82) is 0 Å². The Labute approximate surface area is 146 Å². The van der Waals surface area contributed by atoms with Gasteiger partial charge in [0.25, 0.3) is 5.91 Å². The van der Waals surface area contributed by atoms with Crippen LogP contribution in [0.3, 0.4) is 0 Å². The molecule has 0 saturated heterocycles. The third-order valence-electron chi connectivity index (χ3n) is 3.74. The third-order valence-corrected chi connectivity index (χ3v) is 3.74. The maximum Gasteiger partial charge on any atom is 0.251 e. The zero-order chi connectivity index (χ0) is 18.1. The number of nitrogen functional groups attached to an aromatic ring is 1. The van der Waals surface area contributed by atoms with Gasteiger partial charge in [0.05, 0.1) is 0 Å². The number of halogens is 1. The van der Waals surface area contributed by atoms with Gasteiger partial charge in [-0.05, 0) is 48.7 Å². The maximum absolute atomic E-state index is 12.8. The first kappa shape index (κ1) is 18.4. The molecule has 0 bridgehead atoms. The molecule has 2 amide bonds. The van der Waals surface area contributed by atoms with Crippen molar-refractivity contribution in [3.05, 3.63) is 65.5 Å². The first-order valence-corrected chi connectivity index (χ1v) is 8.20. The van der Waals surface area contributed by atoms with Crippen LogP contribution in [0.2, 0.25) is 0 Å². The second-order valence-corrected chi connectivity index (χ2v) is 5.67. The van der Waals surface area contributed by atoms with E-state index in [0.717, 1.165) is 5.56 Å². The highest BCUT2D eigenvalue weighted by Crippen LogP contribution is 2.12. The van der Waals surface area contributed by atoms with Crippen LogP contribution in [0, 0.1) is 5.82 Å². The summed E-state index contributed by atoms with van der Waals surface area (Å²) in [7, 11) is 0. The van der Waals surface area contributed by atoms with Gasteiger partial charge in [-0.2, -0.15) is 0 Å². The molecule has 132 valence electrons. The van der Waals surface area contributed by atoms with Crippen LogP contribution < -0.4 is 16.4 Å². The number of aryl methyl sites for hydroxylation is 1. The number of hydrogen-bond acceptors (Lipinski definition) is 3. The molecular formula is C19H22FN3O2. The van der Waals surface area contributed by atoms with Crippen molar-refractivity contribution in [3.8, 4) is 0 Å². The molecule has 0 aromatic heterocycles. The Morgan fingerprint density at radius 1 is 0.960 bits per heavy atom. The Hall–Kier alpha value is -2.89. The molecule has 0 fully saturated rings. The van der Waals surface area contributed by atoms with Gasteiger partial charge in [0.2, 0.25) is 5.91 Å². The Balaban J connectivity index is 1.59. The fourth-order valence-corrected chi connectivity index (χ4v) is 2.32.